The summed E-state index contributed by atoms with van der Waals surface area (Å²) in [7, 11) is 1.82. The van der Waals surface area contributed by atoms with E-state index in [0.29, 0.717) is 30.9 Å². The number of aliphatic carboxylic acids is 1. The molecular formula is C33H51N3O6S. The summed E-state index contributed by atoms with van der Waals surface area (Å²) in [4.78, 5) is 44.5. The number of aromatic nitrogens is 1. The first-order valence-electron chi connectivity index (χ1n) is 15.2. The molecule has 1 aromatic heterocycles. The minimum Gasteiger partial charge on any atom is -0.481 e. The van der Waals surface area contributed by atoms with Crippen LogP contribution in [0.3, 0.4) is 0 Å². The van der Waals surface area contributed by atoms with Gasteiger partial charge in [-0.15, -0.1) is 11.3 Å². The Morgan fingerprint density at radius 2 is 1.72 bits per heavy atom. The van der Waals surface area contributed by atoms with Crippen LogP contribution in [0.25, 0.3) is 0 Å². The number of amides is 2. The molecule has 43 heavy (non-hydrogen) atoms. The molecule has 1 unspecified atom stereocenters. The highest BCUT2D eigenvalue weighted by Gasteiger charge is 2.31. The molecule has 240 valence electrons. The third-order valence-corrected chi connectivity index (χ3v) is 8.19. The SMILES string of the molecule is CCO[C@H](CC(C(C)C)N(C)C(=O)C[C@@H](C)OC(C)(C)C)c1nc(C(=O)N[C@@H](Cc2ccccc2)C[C@H](C)C(=O)O)cs1. The summed E-state index contributed by atoms with van der Waals surface area (Å²) in [6.07, 6.45) is 1.01. The summed E-state index contributed by atoms with van der Waals surface area (Å²) < 4.78 is 12.1. The first-order chi connectivity index (χ1) is 20.1. The third kappa shape index (κ3) is 12.4. The number of hydrogen-bond acceptors (Lipinski definition) is 7. The minimum atomic E-state index is -0.901. The molecule has 0 aliphatic carbocycles. The van der Waals surface area contributed by atoms with Crippen molar-refractivity contribution in [3.8, 4) is 0 Å². The molecule has 0 fully saturated rings. The lowest BCUT2D eigenvalue weighted by Crippen LogP contribution is -2.43. The van der Waals surface area contributed by atoms with E-state index in [0.717, 1.165) is 5.56 Å². The first-order valence-corrected chi connectivity index (χ1v) is 16.1. The molecule has 0 saturated heterocycles. The molecule has 0 bridgehead atoms. The predicted molar refractivity (Wildman–Crippen MR) is 170 cm³/mol. The molecule has 2 amide bonds. The van der Waals surface area contributed by atoms with Crippen molar-refractivity contribution >= 4 is 29.1 Å². The van der Waals surface area contributed by atoms with E-state index in [9.17, 15) is 19.5 Å². The minimum absolute atomic E-state index is 0.00458. The largest absolute Gasteiger partial charge is 0.481 e. The molecule has 2 N–H and O–H groups in total. The van der Waals surface area contributed by atoms with Gasteiger partial charge in [-0.1, -0.05) is 51.1 Å². The standard InChI is InChI=1S/C33H51N3O6S/c1-10-41-28(19-27(21(2)3)36(9)29(37)17-23(5)42-33(6,7)8)31-35-26(20-43-31)30(38)34-25(16-22(4)32(39)40)18-24-14-12-11-13-15-24/h11-15,20-23,25,27-28H,10,16-19H2,1-9H3,(H,34,38)(H,39,40)/t22-,23+,25+,27?,28+/m0/s1. The van der Waals surface area contributed by atoms with Crippen LogP contribution in [0.1, 0.15) is 102 Å². The fourth-order valence-electron chi connectivity index (χ4n) is 5.18. The normalized spacial score (nSPS) is 15.4. The van der Waals surface area contributed by atoms with Crippen LogP contribution < -0.4 is 5.32 Å². The topological polar surface area (TPSA) is 118 Å². The van der Waals surface area contributed by atoms with Gasteiger partial charge in [-0.05, 0) is 58.9 Å². The summed E-state index contributed by atoms with van der Waals surface area (Å²) in [5, 5.41) is 14.9. The molecule has 0 saturated carbocycles. The fraction of sp³-hybridized carbons (Fsp3) is 0.636. The van der Waals surface area contributed by atoms with E-state index in [1.807, 2.05) is 72.0 Å². The summed E-state index contributed by atoms with van der Waals surface area (Å²) in [6, 6.07) is 9.20. The van der Waals surface area contributed by atoms with Crippen molar-refractivity contribution in [3.63, 3.8) is 0 Å². The van der Waals surface area contributed by atoms with Crippen LogP contribution in [-0.2, 0) is 25.5 Å². The van der Waals surface area contributed by atoms with Gasteiger partial charge in [0.05, 0.1) is 24.0 Å². The zero-order valence-electron chi connectivity index (χ0n) is 27.3. The number of nitrogens with one attached hydrogen (secondary N) is 1. The number of thiazole rings is 1. The van der Waals surface area contributed by atoms with Crippen LogP contribution in [0, 0.1) is 11.8 Å². The molecule has 2 rings (SSSR count). The highest BCUT2D eigenvalue weighted by molar-refractivity contribution is 7.09. The third-order valence-electron chi connectivity index (χ3n) is 7.25. The number of hydrogen-bond donors (Lipinski definition) is 2. The van der Waals surface area contributed by atoms with Gasteiger partial charge in [-0.25, -0.2) is 4.98 Å². The molecule has 0 aliphatic heterocycles. The molecule has 0 radical (unpaired) electrons. The second-order valence-corrected chi connectivity index (χ2v) is 13.5. The second kappa shape index (κ2) is 16.9. The van der Waals surface area contributed by atoms with Crippen LogP contribution in [-0.4, -0.2) is 70.2 Å². The van der Waals surface area contributed by atoms with E-state index >= 15 is 0 Å². The molecule has 10 heteroatoms. The van der Waals surface area contributed by atoms with Gasteiger partial charge in [0, 0.05) is 37.5 Å². The smallest absolute Gasteiger partial charge is 0.306 e. The molecule has 0 aliphatic rings. The Morgan fingerprint density at radius 1 is 1.07 bits per heavy atom. The average molecular weight is 618 g/mol. The number of rotatable bonds is 17. The lowest BCUT2D eigenvalue weighted by molar-refractivity contribution is -0.141. The molecule has 5 atom stereocenters. The summed E-state index contributed by atoms with van der Waals surface area (Å²) in [6.45, 7) is 16.0. The Kier molecular flexibility index (Phi) is 14.3. The molecule has 0 spiro atoms. The van der Waals surface area contributed by atoms with Gasteiger partial charge in [0.1, 0.15) is 16.8 Å². The van der Waals surface area contributed by atoms with Gasteiger partial charge in [-0.3, -0.25) is 14.4 Å². The summed E-state index contributed by atoms with van der Waals surface area (Å²) in [5.74, 6) is -1.70. The monoisotopic (exact) mass is 617 g/mol. The first kappa shape index (κ1) is 36.4. The number of ether oxygens (including phenoxy) is 2. The van der Waals surface area contributed by atoms with Gasteiger partial charge in [0.15, 0.2) is 0 Å². The van der Waals surface area contributed by atoms with Crippen molar-refractivity contribution < 1.29 is 29.0 Å². The van der Waals surface area contributed by atoms with Gasteiger partial charge < -0.3 is 24.8 Å². The number of nitrogens with zero attached hydrogens (tertiary/aromatic N) is 2. The summed E-state index contributed by atoms with van der Waals surface area (Å²) >= 11 is 1.35. The Balaban J connectivity index is 2.18. The van der Waals surface area contributed by atoms with E-state index in [-0.39, 0.29) is 53.6 Å². The van der Waals surface area contributed by atoms with Crippen LogP contribution in [0.5, 0.6) is 0 Å². The molecule has 1 aromatic carbocycles. The average Bonchev–Trinajstić information content (AvgIpc) is 3.40. The Morgan fingerprint density at radius 3 is 2.28 bits per heavy atom. The van der Waals surface area contributed by atoms with Crippen LogP contribution >= 0.6 is 11.3 Å². The Bertz CT molecular complexity index is 1160. The van der Waals surface area contributed by atoms with Gasteiger partial charge in [-0.2, -0.15) is 0 Å². The quantitative estimate of drug-likeness (QED) is 0.219. The number of carboxylic acids is 1. The van der Waals surface area contributed by atoms with E-state index in [1.165, 1.54) is 11.3 Å². The molecule has 2 aromatic rings. The maximum atomic E-state index is 13.3. The maximum Gasteiger partial charge on any atom is 0.306 e. The number of carbonyl (C=O) groups excluding carboxylic acids is 2. The van der Waals surface area contributed by atoms with Crippen molar-refractivity contribution in [3.05, 3.63) is 52.0 Å². The van der Waals surface area contributed by atoms with Crippen molar-refractivity contribution in [1.82, 2.24) is 15.2 Å². The second-order valence-electron chi connectivity index (χ2n) is 12.6. The van der Waals surface area contributed by atoms with Gasteiger partial charge in [0.25, 0.3) is 5.91 Å². The van der Waals surface area contributed by atoms with Crippen LogP contribution in [0.15, 0.2) is 35.7 Å². The highest BCUT2D eigenvalue weighted by atomic mass is 32.1. The van der Waals surface area contributed by atoms with Gasteiger partial charge >= 0.3 is 5.97 Å². The highest BCUT2D eigenvalue weighted by Crippen LogP contribution is 2.30. The number of carboxylic acid groups (broad SMARTS) is 1. The maximum absolute atomic E-state index is 13.3. The van der Waals surface area contributed by atoms with E-state index < -0.39 is 18.0 Å². The number of carbonyl (C=O) groups is 3. The van der Waals surface area contributed by atoms with E-state index in [2.05, 4.69) is 24.1 Å². The van der Waals surface area contributed by atoms with Crippen LogP contribution in [0.2, 0.25) is 0 Å². The van der Waals surface area contributed by atoms with Crippen molar-refractivity contribution in [2.24, 2.45) is 11.8 Å². The number of benzene rings is 1. The zero-order valence-corrected chi connectivity index (χ0v) is 28.1. The van der Waals surface area contributed by atoms with Crippen molar-refractivity contribution in [2.75, 3.05) is 13.7 Å². The van der Waals surface area contributed by atoms with Crippen molar-refractivity contribution in [1.29, 1.82) is 0 Å². The zero-order chi connectivity index (χ0) is 32.3. The fourth-order valence-corrected chi connectivity index (χ4v) is 6.04. The Labute approximate surface area is 261 Å². The molecule has 9 nitrogen and oxygen atoms in total. The summed E-state index contributed by atoms with van der Waals surface area (Å²) in [5.41, 5.74) is 0.948. The predicted octanol–water partition coefficient (Wildman–Crippen LogP) is 6.14. The molecule has 1 heterocycles. The lowest BCUT2D eigenvalue weighted by atomic mass is 9.96. The molecular weight excluding hydrogens is 566 g/mol. The van der Waals surface area contributed by atoms with Crippen molar-refractivity contribution in [2.45, 2.75) is 111 Å². The van der Waals surface area contributed by atoms with E-state index in [1.54, 1.807) is 17.2 Å². The lowest BCUT2D eigenvalue weighted by Gasteiger charge is -2.34. The van der Waals surface area contributed by atoms with Crippen LogP contribution in [0.4, 0.5) is 0 Å². The van der Waals surface area contributed by atoms with E-state index in [4.69, 9.17) is 9.47 Å². The Hall–Kier alpha value is -2.82. The van der Waals surface area contributed by atoms with Gasteiger partial charge in [0.2, 0.25) is 5.91 Å².